The van der Waals surface area contributed by atoms with E-state index in [-0.39, 0.29) is 18.2 Å². The molecule has 1 saturated heterocycles. The van der Waals surface area contributed by atoms with Crippen molar-refractivity contribution in [3.05, 3.63) is 58.1 Å². The fourth-order valence-corrected chi connectivity index (χ4v) is 3.98. The lowest BCUT2D eigenvalue weighted by atomic mass is 10.2. The maximum atomic E-state index is 12.5. The average molecular weight is 422 g/mol. The standard InChI is InChI=1S/C19H17Cl2N3O2S/c1-11-6-8-12(9-7-11)22-16(25)10-15-18(26)24(2)19(27-15)23-14-5-3-4-13(20)17(14)21/h3-9,15H,10H2,1-2H3,(H,22,25)/t15-/m1/s1. The highest BCUT2D eigenvalue weighted by molar-refractivity contribution is 8.15. The highest BCUT2D eigenvalue weighted by Crippen LogP contribution is 2.35. The van der Waals surface area contributed by atoms with Crippen molar-refractivity contribution >= 4 is 63.3 Å². The molecule has 1 N–H and O–H groups in total. The van der Waals surface area contributed by atoms with Crippen LogP contribution in [0.15, 0.2) is 47.5 Å². The number of thioether (sulfide) groups is 1. The molecule has 2 aromatic carbocycles. The number of hydrogen-bond donors (Lipinski definition) is 1. The first-order valence-electron chi connectivity index (χ1n) is 8.18. The van der Waals surface area contributed by atoms with Crippen molar-refractivity contribution < 1.29 is 9.59 Å². The second kappa shape index (κ2) is 8.33. The lowest BCUT2D eigenvalue weighted by Crippen LogP contribution is -2.30. The summed E-state index contributed by atoms with van der Waals surface area (Å²) in [5.74, 6) is -0.393. The van der Waals surface area contributed by atoms with E-state index in [4.69, 9.17) is 23.2 Å². The lowest BCUT2D eigenvalue weighted by molar-refractivity contribution is -0.127. The molecule has 3 rings (SSSR count). The summed E-state index contributed by atoms with van der Waals surface area (Å²) in [6.07, 6.45) is 0.0595. The Labute approximate surface area is 171 Å². The van der Waals surface area contributed by atoms with Crippen molar-refractivity contribution in [2.75, 3.05) is 12.4 Å². The third-order valence-electron chi connectivity index (χ3n) is 3.99. The molecule has 2 aromatic rings. The molecule has 2 amide bonds. The first kappa shape index (κ1) is 19.7. The van der Waals surface area contributed by atoms with Crippen molar-refractivity contribution in [3.63, 3.8) is 0 Å². The molecule has 0 aromatic heterocycles. The minimum Gasteiger partial charge on any atom is -0.326 e. The zero-order valence-electron chi connectivity index (χ0n) is 14.7. The van der Waals surface area contributed by atoms with Crippen molar-refractivity contribution in [2.45, 2.75) is 18.6 Å². The number of aryl methyl sites for hydroxylation is 1. The number of benzene rings is 2. The number of amides is 2. The van der Waals surface area contributed by atoms with Gasteiger partial charge in [0.2, 0.25) is 11.8 Å². The number of halogens is 2. The molecule has 140 valence electrons. The second-order valence-electron chi connectivity index (χ2n) is 6.09. The average Bonchev–Trinajstić information content (AvgIpc) is 2.89. The number of carbonyl (C=O) groups is 2. The van der Waals surface area contributed by atoms with Crippen molar-refractivity contribution in [1.29, 1.82) is 0 Å². The Balaban J connectivity index is 1.70. The molecule has 0 radical (unpaired) electrons. The SMILES string of the molecule is Cc1ccc(NC(=O)C[C@H]2SC(=Nc3cccc(Cl)c3Cl)N(C)C2=O)cc1. The van der Waals surface area contributed by atoms with Crippen LogP contribution in [0.25, 0.3) is 0 Å². The van der Waals surface area contributed by atoms with Gasteiger partial charge in [0.05, 0.1) is 15.7 Å². The molecular weight excluding hydrogens is 405 g/mol. The van der Waals surface area contributed by atoms with Crippen molar-refractivity contribution in [3.8, 4) is 0 Å². The molecule has 0 spiro atoms. The summed E-state index contributed by atoms with van der Waals surface area (Å²) in [6, 6.07) is 12.6. The van der Waals surface area contributed by atoms with E-state index in [2.05, 4.69) is 10.3 Å². The zero-order valence-corrected chi connectivity index (χ0v) is 17.0. The molecule has 1 atom stereocenters. The normalized spacial score (nSPS) is 18.2. The van der Waals surface area contributed by atoms with E-state index in [1.54, 1.807) is 25.2 Å². The molecule has 0 unspecified atom stereocenters. The number of hydrogen-bond acceptors (Lipinski definition) is 4. The summed E-state index contributed by atoms with van der Waals surface area (Å²) in [5.41, 5.74) is 2.29. The Morgan fingerprint density at radius 1 is 1.22 bits per heavy atom. The number of nitrogens with zero attached hydrogens (tertiary/aromatic N) is 2. The summed E-state index contributed by atoms with van der Waals surface area (Å²) >= 11 is 13.4. The van der Waals surface area contributed by atoms with Gasteiger partial charge in [-0.05, 0) is 31.2 Å². The number of rotatable bonds is 4. The van der Waals surface area contributed by atoms with Gasteiger partial charge in [-0.3, -0.25) is 14.5 Å². The fourth-order valence-electron chi connectivity index (χ4n) is 2.50. The summed E-state index contributed by atoms with van der Waals surface area (Å²) in [5, 5.41) is 3.48. The van der Waals surface area contributed by atoms with Crippen LogP contribution in [0.5, 0.6) is 0 Å². The number of anilines is 1. The van der Waals surface area contributed by atoms with Gasteiger partial charge in [0.25, 0.3) is 0 Å². The molecule has 5 nitrogen and oxygen atoms in total. The molecule has 0 aliphatic carbocycles. The van der Waals surface area contributed by atoms with E-state index < -0.39 is 5.25 Å². The third-order valence-corrected chi connectivity index (χ3v) is 6.03. The number of nitrogens with one attached hydrogen (secondary N) is 1. The molecule has 1 fully saturated rings. The van der Waals surface area contributed by atoms with Crippen LogP contribution in [0.3, 0.4) is 0 Å². The second-order valence-corrected chi connectivity index (χ2v) is 8.04. The Morgan fingerprint density at radius 2 is 1.93 bits per heavy atom. The largest absolute Gasteiger partial charge is 0.326 e. The van der Waals surface area contributed by atoms with Gasteiger partial charge in [-0.15, -0.1) is 0 Å². The Kier molecular flexibility index (Phi) is 6.09. The van der Waals surface area contributed by atoms with E-state index in [9.17, 15) is 9.59 Å². The summed E-state index contributed by atoms with van der Waals surface area (Å²) in [7, 11) is 1.63. The van der Waals surface area contributed by atoms with Gasteiger partial charge in [0.15, 0.2) is 5.17 Å². The minimum atomic E-state index is -0.530. The predicted octanol–water partition coefficient (Wildman–Crippen LogP) is 4.89. The van der Waals surface area contributed by atoms with Crippen LogP contribution in [-0.4, -0.2) is 34.2 Å². The number of amidine groups is 1. The fraction of sp³-hybridized carbons (Fsp3) is 0.211. The van der Waals surface area contributed by atoms with Gasteiger partial charge >= 0.3 is 0 Å². The van der Waals surface area contributed by atoms with Crippen LogP contribution in [0, 0.1) is 6.92 Å². The Hall–Kier alpha value is -2.02. The van der Waals surface area contributed by atoms with Gasteiger partial charge < -0.3 is 5.32 Å². The first-order chi connectivity index (χ1) is 12.8. The summed E-state index contributed by atoms with van der Waals surface area (Å²) in [4.78, 5) is 30.6. The number of carbonyl (C=O) groups excluding carboxylic acids is 2. The summed E-state index contributed by atoms with van der Waals surface area (Å²) in [6.45, 7) is 1.97. The van der Waals surface area contributed by atoms with Gasteiger partial charge in [-0.25, -0.2) is 4.99 Å². The Morgan fingerprint density at radius 3 is 2.63 bits per heavy atom. The van der Waals surface area contributed by atoms with E-state index in [1.807, 2.05) is 31.2 Å². The van der Waals surface area contributed by atoms with Gasteiger partial charge in [-0.1, -0.05) is 58.7 Å². The monoisotopic (exact) mass is 421 g/mol. The van der Waals surface area contributed by atoms with Crippen LogP contribution >= 0.6 is 35.0 Å². The van der Waals surface area contributed by atoms with Gasteiger partial charge in [-0.2, -0.15) is 0 Å². The molecule has 27 heavy (non-hydrogen) atoms. The molecule has 0 saturated carbocycles. The minimum absolute atomic E-state index is 0.0595. The summed E-state index contributed by atoms with van der Waals surface area (Å²) < 4.78 is 0. The van der Waals surface area contributed by atoms with Crippen molar-refractivity contribution in [2.24, 2.45) is 4.99 Å². The van der Waals surface area contributed by atoms with Crippen LogP contribution in [0.1, 0.15) is 12.0 Å². The lowest BCUT2D eigenvalue weighted by Gasteiger charge is -2.09. The highest BCUT2D eigenvalue weighted by atomic mass is 35.5. The molecule has 1 aliphatic rings. The van der Waals surface area contributed by atoms with E-state index in [0.717, 1.165) is 5.56 Å². The van der Waals surface area contributed by atoms with Crippen molar-refractivity contribution in [1.82, 2.24) is 4.90 Å². The molecular formula is C19H17Cl2N3O2S. The van der Waals surface area contributed by atoms with E-state index in [1.165, 1.54) is 16.7 Å². The van der Waals surface area contributed by atoms with Crippen LogP contribution in [-0.2, 0) is 9.59 Å². The topological polar surface area (TPSA) is 61.8 Å². The first-order valence-corrected chi connectivity index (χ1v) is 9.82. The van der Waals surface area contributed by atoms with E-state index in [0.29, 0.717) is 26.6 Å². The molecule has 8 heteroatoms. The third kappa shape index (κ3) is 4.64. The smallest absolute Gasteiger partial charge is 0.242 e. The molecule has 1 heterocycles. The van der Waals surface area contributed by atoms with Gasteiger partial charge in [0, 0.05) is 19.2 Å². The highest BCUT2D eigenvalue weighted by Gasteiger charge is 2.37. The van der Waals surface area contributed by atoms with Crippen LogP contribution < -0.4 is 5.32 Å². The zero-order chi connectivity index (χ0) is 19.6. The van der Waals surface area contributed by atoms with E-state index >= 15 is 0 Å². The predicted molar refractivity (Wildman–Crippen MR) is 112 cm³/mol. The number of aliphatic imine (C=N–C) groups is 1. The molecule has 0 bridgehead atoms. The Bertz CT molecular complexity index is 916. The quantitative estimate of drug-likeness (QED) is 0.763. The maximum Gasteiger partial charge on any atom is 0.242 e. The maximum absolute atomic E-state index is 12.5. The molecule has 1 aliphatic heterocycles. The van der Waals surface area contributed by atoms with Gasteiger partial charge in [0.1, 0.15) is 5.25 Å². The van der Waals surface area contributed by atoms with Crippen LogP contribution in [0.4, 0.5) is 11.4 Å². The van der Waals surface area contributed by atoms with Crippen LogP contribution in [0.2, 0.25) is 10.0 Å².